The first-order valence-corrected chi connectivity index (χ1v) is 6.87. The number of benzene rings is 1. The number of Topliss-reactive ketones (excluding diaryl/α,β-unsaturated/α-hetero) is 1. The van der Waals surface area contributed by atoms with Gasteiger partial charge in [0.15, 0.2) is 5.78 Å². The first-order chi connectivity index (χ1) is 10.2. The molecule has 1 aliphatic carbocycles. The number of hydrogen-bond donors (Lipinski definition) is 1. The second kappa shape index (κ2) is 5.06. The SMILES string of the molecule is CCOC(=O)C1CC1C(=O)c1ccc2[nH]cc(C#N)c2c1. The molecule has 0 aliphatic heterocycles. The van der Waals surface area contributed by atoms with Crippen LogP contribution in [0.15, 0.2) is 24.4 Å². The number of esters is 1. The number of carbonyl (C=O) groups is 2. The van der Waals surface area contributed by atoms with Crippen LogP contribution >= 0.6 is 0 Å². The zero-order chi connectivity index (χ0) is 15.0. The number of H-pyrrole nitrogens is 1. The summed E-state index contributed by atoms with van der Waals surface area (Å²) in [5, 5.41) is 9.77. The van der Waals surface area contributed by atoms with Gasteiger partial charge < -0.3 is 9.72 Å². The van der Waals surface area contributed by atoms with Crippen LogP contribution in [-0.2, 0) is 9.53 Å². The van der Waals surface area contributed by atoms with E-state index in [1.54, 1.807) is 31.3 Å². The maximum atomic E-state index is 12.4. The third kappa shape index (κ3) is 2.29. The Hall–Kier alpha value is -2.61. The molecule has 21 heavy (non-hydrogen) atoms. The summed E-state index contributed by atoms with van der Waals surface area (Å²) in [5.74, 6) is -0.947. The van der Waals surface area contributed by atoms with Crippen molar-refractivity contribution in [2.75, 3.05) is 6.61 Å². The Bertz CT molecular complexity index is 769. The van der Waals surface area contributed by atoms with Crippen molar-refractivity contribution in [2.24, 2.45) is 11.8 Å². The third-order valence-corrected chi connectivity index (χ3v) is 3.80. The molecule has 1 N–H and O–H groups in total. The zero-order valence-corrected chi connectivity index (χ0v) is 11.6. The van der Waals surface area contributed by atoms with Gasteiger partial charge in [0, 0.05) is 28.6 Å². The molecule has 0 radical (unpaired) electrons. The third-order valence-electron chi connectivity index (χ3n) is 3.80. The molecule has 0 amide bonds. The van der Waals surface area contributed by atoms with E-state index >= 15 is 0 Å². The molecular weight excluding hydrogens is 268 g/mol. The molecule has 0 bridgehead atoms. The smallest absolute Gasteiger partial charge is 0.309 e. The van der Waals surface area contributed by atoms with Gasteiger partial charge in [-0.2, -0.15) is 5.26 Å². The molecule has 5 heteroatoms. The van der Waals surface area contributed by atoms with Gasteiger partial charge >= 0.3 is 5.97 Å². The van der Waals surface area contributed by atoms with Gasteiger partial charge in [-0.25, -0.2) is 0 Å². The topological polar surface area (TPSA) is 83.0 Å². The van der Waals surface area contributed by atoms with E-state index in [4.69, 9.17) is 10.00 Å². The van der Waals surface area contributed by atoms with Crippen molar-refractivity contribution in [2.45, 2.75) is 13.3 Å². The van der Waals surface area contributed by atoms with Gasteiger partial charge in [-0.3, -0.25) is 9.59 Å². The van der Waals surface area contributed by atoms with Crippen LogP contribution in [0.4, 0.5) is 0 Å². The zero-order valence-electron chi connectivity index (χ0n) is 11.6. The van der Waals surface area contributed by atoms with Gasteiger partial charge in [-0.05, 0) is 31.5 Å². The predicted molar refractivity (Wildman–Crippen MR) is 75.6 cm³/mol. The number of nitrogens with one attached hydrogen (secondary N) is 1. The molecule has 1 fully saturated rings. The molecule has 2 atom stereocenters. The molecule has 1 heterocycles. The molecule has 2 aromatic rings. The molecule has 0 spiro atoms. The molecule has 2 unspecified atom stereocenters. The highest BCUT2D eigenvalue weighted by atomic mass is 16.5. The Morgan fingerprint density at radius 3 is 2.95 bits per heavy atom. The summed E-state index contributed by atoms with van der Waals surface area (Å²) in [7, 11) is 0. The minimum atomic E-state index is -0.310. The van der Waals surface area contributed by atoms with Gasteiger partial charge in [0.05, 0.1) is 18.1 Å². The van der Waals surface area contributed by atoms with Crippen LogP contribution in [0.1, 0.15) is 29.3 Å². The van der Waals surface area contributed by atoms with Crippen LogP contribution in [0.25, 0.3) is 10.9 Å². The normalized spacial score (nSPS) is 20.0. The lowest BCUT2D eigenvalue weighted by Crippen LogP contribution is -2.11. The van der Waals surface area contributed by atoms with E-state index in [9.17, 15) is 9.59 Å². The number of ether oxygens (including phenoxy) is 1. The largest absolute Gasteiger partial charge is 0.466 e. The van der Waals surface area contributed by atoms with Gasteiger partial charge in [0.2, 0.25) is 0 Å². The maximum Gasteiger partial charge on any atom is 0.309 e. The fraction of sp³-hybridized carbons (Fsp3) is 0.312. The van der Waals surface area contributed by atoms with Crippen molar-refractivity contribution in [1.82, 2.24) is 4.98 Å². The summed E-state index contributed by atoms with van der Waals surface area (Å²) in [6.45, 7) is 2.08. The Kier molecular flexibility index (Phi) is 3.22. The predicted octanol–water partition coefficient (Wildman–Crippen LogP) is 2.42. The van der Waals surface area contributed by atoms with Crippen LogP contribution in [0, 0.1) is 23.2 Å². The minimum Gasteiger partial charge on any atom is -0.466 e. The number of rotatable bonds is 4. The molecule has 1 aromatic heterocycles. The molecular formula is C16H14N2O3. The number of fused-ring (bicyclic) bond motifs is 1. The van der Waals surface area contributed by atoms with E-state index in [-0.39, 0.29) is 23.6 Å². The summed E-state index contributed by atoms with van der Waals surface area (Å²) < 4.78 is 4.94. The van der Waals surface area contributed by atoms with Crippen molar-refractivity contribution < 1.29 is 14.3 Å². The average molecular weight is 282 g/mol. The number of aromatic amines is 1. The van der Waals surface area contributed by atoms with E-state index < -0.39 is 0 Å². The van der Waals surface area contributed by atoms with E-state index in [0.717, 1.165) is 10.9 Å². The maximum absolute atomic E-state index is 12.4. The number of hydrogen-bond acceptors (Lipinski definition) is 4. The van der Waals surface area contributed by atoms with Gasteiger partial charge in [0.1, 0.15) is 6.07 Å². The summed E-state index contributed by atoms with van der Waals surface area (Å²) >= 11 is 0. The van der Waals surface area contributed by atoms with Crippen molar-refractivity contribution in [1.29, 1.82) is 5.26 Å². The van der Waals surface area contributed by atoms with Crippen LogP contribution in [0.3, 0.4) is 0 Å². The fourth-order valence-corrected chi connectivity index (χ4v) is 2.58. The molecule has 0 saturated heterocycles. The number of ketones is 1. The van der Waals surface area contributed by atoms with E-state index in [1.165, 1.54) is 0 Å². The molecule has 5 nitrogen and oxygen atoms in total. The van der Waals surface area contributed by atoms with Crippen LogP contribution in [-0.4, -0.2) is 23.3 Å². The highest BCUT2D eigenvalue weighted by Gasteiger charge is 2.49. The standard InChI is InChI=1S/C16H14N2O3/c1-2-21-16(20)13-6-12(13)15(19)9-3-4-14-11(5-9)10(7-17)8-18-14/h3-5,8,12-13,18H,2,6H2,1H3. The Morgan fingerprint density at radius 2 is 2.24 bits per heavy atom. The summed E-state index contributed by atoms with van der Waals surface area (Å²) in [6.07, 6.45) is 2.17. The van der Waals surface area contributed by atoms with Crippen molar-refractivity contribution in [3.63, 3.8) is 0 Å². The lowest BCUT2D eigenvalue weighted by atomic mass is 10.0. The number of nitrogens with zero attached hydrogens (tertiary/aromatic N) is 1. The average Bonchev–Trinajstić information content (AvgIpc) is 3.19. The lowest BCUT2D eigenvalue weighted by Gasteiger charge is -2.02. The second-order valence-electron chi connectivity index (χ2n) is 5.14. The fourth-order valence-electron chi connectivity index (χ4n) is 2.58. The summed E-state index contributed by atoms with van der Waals surface area (Å²) in [6, 6.07) is 7.31. The second-order valence-corrected chi connectivity index (χ2v) is 5.14. The highest BCUT2D eigenvalue weighted by Crippen LogP contribution is 2.42. The van der Waals surface area contributed by atoms with E-state index in [2.05, 4.69) is 11.1 Å². The van der Waals surface area contributed by atoms with Gasteiger partial charge in [-0.1, -0.05) is 0 Å². The summed E-state index contributed by atoms with van der Waals surface area (Å²) in [5.41, 5.74) is 1.87. The van der Waals surface area contributed by atoms with Crippen LogP contribution in [0.2, 0.25) is 0 Å². The Morgan fingerprint density at radius 1 is 1.43 bits per heavy atom. The van der Waals surface area contributed by atoms with E-state index in [1.807, 2.05) is 0 Å². The Balaban J connectivity index is 1.83. The van der Waals surface area contributed by atoms with Gasteiger partial charge in [-0.15, -0.1) is 0 Å². The molecule has 1 aliphatic rings. The first kappa shape index (κ1) is 13.4. The highest BCUT2D eigenvalue weighted by molar-refractivity contribution is 6.05. The van der Waals surface area contributed by atoms with Crippen LogP contribution < -0.4 is 0 Å². The lowest BCUT2D eigenvalue weighted by molar-refractivity contribution is -0.144. The number of aromatic nitrogens is 1. The molecule has 3 rings (SSSR count). The number of carbonyl (C=O) groups excluding carboxylic acids is 2. The summed E-state index contributed by atoms with van der Waals surface area (Å²) in [4.78, 5) is 27.0. The van der Waals surface area contributed by atoms with Crippen LogP contribution in [0.5, 0.6) is 0 Å². The molecule has 106 valence electrons. The van der Waals surface area contributed by atoms with Crippen molar-refractivity contribution in [3.05, 3.63) is 35.5 Å². The monoisotopic (exact) mass is 282 g/mol. The Labute approximate surface area is 121 Å². The minimum absolute atomic E-state index is 0.0555. The molecule has 1 aromatic carbocycles. The van der Waals surface area contributed by atoms with E-state index in [0.29, 0.717) is 24.2 Å². The number of nitriles is 1. The van der Waals surface area contributed by atoms with Crippen molar-refractivity contribution in [3.8, 4) is 6.07 Å². The quantitative estimate of drug-likeness (QED) is 0.689. The van der Waals surface area contributed by atoms with Crippen molar-refractivity contribution >= 4 is 22.7 Å². The first-order valence-electron chi connectivity index (χ1n) is 6.87. The molecule has 1 saturated carbocycles. The van der Waals surface area contributed by atoms with Gasteiger partial charge in [0.25, 0.3) is 0 Å².